The molecular weight excluding hydrogens is 585 g/mol. The highest BCUT2D eigenvalue weighted by Crippen LogP contribution is 2.26. The Labute approximate surface area is 270 Å². The number of primary amides is 1. The molecule has 0 aromatic heterocycles. The van der Waals surface area contributed by atoms with Crippen molar-refractivity contribution in [3.63, 3.8) is 0 Å². The first-order valence-corrected chi connectivity index (χ1v) is 17.7. The molecule has 1 aromatic carbocycles. The first-order chi connectivity index (χ1) is 20.7. The van der Waals surface area contributed by atoms with Crippen molar-refractivity contribution in [2.24, 2.45) is 5.73 Å². The van der Waals surface area contributed by atoms with E-state index in [1.807, 2.05) is 30.8 Å². The number of unbranched alkanes of at least 4 members (excludes halogenated alkanes) is 6. The minimum Gasteiger partial charge on any atom is -0.442 e. The van der Waals surface area contributed by atoms with Gasteiger partial charge >= 0.3 is 12.2 Å². The molecule has 0 saturated heterocycles. The van der Waals surface area contributed by atoms with Crippen LogP contribution in [0.4, 0.5) is 9.59 Å². The zero-order chi connectivity index (χ0) is 31.9. The number of nitrogens with two attached hydrogens (primary N) is 1. The summed E-state index contributed by atoms with van der Waals surface area (Å²) in [5, 5.41) is 0. The van der Waals surface area contributed by atoms with Crippen molar-refractivity contribution in [3.8, 4) is 5.75 Å². The maximum Gasteiger partial charge on any atom is 0.414 e. The van der Waals surface area contributed by atoms with Crippen LogP contribution in [0, 0.1) is 0 Å². The molecule has 3 amide bonds. The van der Waals surface area contributed by atoms with Gasteiger partial charge in [-0.2, -0.15) is 24.4 Å². The number of nitrogens with zero attached hydrogens (tertiary/aromatic N) is 3. The molecule has 11 heteroatoms. The molecule has 246 valence electrons. The van der Waals surface area contributed by atoms with E-state index in [-0.39, 0.29) is 5.91 Å². The minimum atomic E-state index is -0.865. The summed E-state index contributed by atoms with van der Waals surface area (Å²) in [6.45, 7) is 3.04. The lowest BCUT2D eigenvalue weighted by molar-refractivity contribution is -0.131. The van der Waals surface area contributed by atoms with Crippen molar-refractivity contribution in [2.45, 2.75) is 83.2 Å². The number of ether oxygens (including phenoxy) is 2. The monoisotopic (exact) mass is 640 g/mol. The van der Waals surface area contributed by atoms with Gasteiger partial charge in [-0.15, -0.1) is 0 Å². The number of thiol groups is 1. The van der Waals surface area contributed by atoms with Crippen molar-refractivity contribution in [1.29, 1.82) is 0 Å². The SMILES string of the molecule is CSCCCCCCN(CCCCCCS)C(=O)CCCC(OC(N)=O)c1ccc(OC(=O)N(C)CCCN(C)C)cc1. The van der Waals surface area contributed by atoms with Gasteiger partial charge < -0.3 is 29.9 Å². The molecule has 1 atom stereocenters. The fourth-order valence-corrected chi connectivity index (χ4v) is 5.42. The number of carbonyl (C=O) groups is 3. The van der Waals surface area contributed by atoms with Gasteiger partial charge in [0.15, 0.2) is 0 Å². The van der Waals surface area contributed by atoms with Crippen LogP contribution in [-0.2, 0) is 9.53 Å². The highest BCUT2D eigenvalue weighted by Gasteiger charge is 2.19. The Hall–Kier alpha value is -2.11. The van der Waals surface area contributed by atoms with Gasteiger partial charge in [0, 0.05) is 33.1 Å². The molecule has 0 fully saturated rings. The van der Waals surface area contributed by atoms with Crippen LogP contribution in [-0.4, -0.2) is 97.9 Å². The molecule has 9 nitrogen and oxygen atoms in total. The molecule has 43 heavy (non-hydrogen) atoms. The van der Waals surface area contributed by atoms with E-state index >= 15 is 0 Å². The normalized spacial score (nSPS) is 11.8. The summed E-state index contributed by atoms with van der Waals surface area (Å²) in [7, 11) is 5.70. The topological polar surface area (TPSA) is 105 Å². The number of amides is 3. The van der Waals surface area contributed by atoms with Crippen LogP contribution in [0.25, 0.3) is 0 Å². The third-order valence-corrected chi connectivity index (χ3v) is 8.21. The summed E-state index contributed by atoms with van der Waals surface area (Å²) >= 11 is 6.17. The second-order valence-electron chi connectivity index (χ2n) is 11.3. The molecule has 1 rings (SSSR count). The number of carbonyl (C=O) groups excluding carboxylic acids is 3. The molecule has 0 aliphatic heterocycles. The van der Waals surface area contributed by atoms with Gasteiger partial charge in [0.1, 0.15) is 11.9 Å². The predicted octanol–water partition coefficient (Wildman–Crippen LogP) is 6.62. The summed E-state index contributed by atoms with van der Waals surface area (Å²) in [5.74, 6) is 2.63. The third kappa shape index (κ3) is 19.0. The Morgan fingerprint density at radius 1 is 0.837 bits per heavy atom. The van der Waals surface area contributed by atoms with Crippen LogP contribution >= 0.6 is 24.4 Å². The van der Waals surface area contributed by atoms with E-state index in [1.165, 1.54) is 18.6 Å². The number of benzene rings is 1. The quantitative estimate of drug-likeness (QED) is 0.0967. The molecule has 0 aliphatic rings. The number of hydrogen-bond donors (Lipinski definition) is 2. The van der Waals surface area contributed by atoms with Gasteiger partial charge in [-0.1, -0.05) is 37.8 Å². The lowest BCUT2D eigenvalue weighted by Gasteiger charge is -2.24. The smallest absolute Gasteiger partial charge is 0.414 e. The average Bonchev–Trinajstić information content (AvgIpc) is 2.97. The van der Waals surface area contributed by atoms with Crippen molar-refractivity contribution < 1.29 is 23.9 Å². The van der Waals surface area contributed by atoms with Crippen LogP contribution in [0.3, 0.4) is 0 Å². The Balaban J connectivity index is 2.67. The molecule has 2 N–H and O–H groups in total. The van der Waals surface area contributed by atoms with E-state index in [1.54, 1.807) is 36.2 Å². The zero-order valence-electron chi connectivity index (χ0n) is 26.9. The maximum atomic E-state index is 13.2. The largest absolute Gasteiger partial charge is 0.442 e. The van der Waals surface area contributed by atoms with Gasteiger partial charge in [0.25, 0.3) is 0 Å². The Morgan fingerprint density at radius 2 is 1.47 bits per heavy atom. The lowest BCUT2D eigenvalue weighted by Crippen LogP contribution is -2.33. The van der Waals surface area contributed by atoms with Crippen LogP contribution in [0.1, 0.15) is 88.7 Å². The molecule has 0 heterocycles. The summed E-state index contributed by atoms with van der Waals surface area (Å²) in [5.41, 5.74) is 6.10. The van der Waals surface area contributed by atoms with Crippen LogP contribution in [0.5, 0.6) is 5.75 Å². The Morgan fingerprint density at radius 3 is 2.05 bits per heavy atom. The minimum absolute atomic E-state index is 0.146. The second kappa shape index (κ2) is 24.2. The van der Waals surface area contributed by atoms with E-state index < -0.39 is 18.3 Å². The number of rotatable bonds is 24. The highest BCUT2D eigenvalue weighted by atomic mass is 32.2. The van der Waals surface area contributed by atoms with Crippen molar-refractivity contribution in [2.75, 3.05) is 65.1 Å². The third-order valence-electron chi connectivity index (χ3n) is 7.20. The van der Waals surface area contributed by atoms with Crippen LogP contribution in [0.2, 0.25) is 0 Å². The first kappa shape index (κ1) is 38.9. The van der Waals surface area contributed by atoms with Gasteiger partial charge in [-0.3, -0.25) is 4.79 Å². The molecular formula is C32H56N4O5S2. The van der Waals surface area contributed by atoms with E-state index in [9.17, 15) is 14.4 Å². The van der Waals surface area contributed by atoms with E-state index in [0.29, 0.717) is 31.6 Å². The molecule has 0 spiro atoms. The Kier molecular flexibility index (Phi) is 21.9. The summed E-state index contributed by atoms with van der Waals surface area (Å²) in [4.78, 5) is 42.9. The molecule has 0 saturated carbocycles. The first-order valence-electron chi connectivity index (χ1n) is 15.7. The molecule has 0 aliphatic carbocycles. The van der Waals surface area contributed by atoms with Gasteiger partial charge in [0.05, 0.1) is 0 Å². The Bertz CT molecular complexity index is 904. The highest BCUT2D eigenvalue weighted by molar-refractivity contribution is 7.98. The van der Waals surface area contributed by atoms with Crippen LogP contribution in [0.15, 0.2) is 24.3 Å². The van der Waals surface area contributed by atoms with Gasteiger partial charge in [-0.25, -0.2) is 9.59 Å². The van der Waals surface area contributed by atoms with Crippen molar-refractivity contribution in [3.05, 3.63) is 29.8 Å². The predicted molar refractivity (Wildman–Crippen MR) is 181 cm³/mol. The lowest BCUT2D eigenvalue weighted by atomic mass is 10.0. The summed E-state index contributed by atoms with van der Waals surface area (Å²) < 4.78 is 10.9. The van der Waals surface area contributed by atoms with E-state index in [2.05, 4.69) is 23.8 Å². The second-order valence-corrected chi connectivity index (χ2v) is 12.7. The van der Waals surface area contributed by atoms with E-state index in [0.717, 1.165) is 75.9 Å². The molecule has 1 aromatic rings. The molecule has 1 unspecified atom stereocenters. The number of hydrogen-bond acceptors (Lipinski definition) is 8. The van der Waals surface area contributed by atoms with Crippen LogP contribution < -0.4 is 10.5 Å². The van der Waals surface area contributed by atoms with E-state index in [4.69, 9.17) is 15.2 Å². The number of thioether (sulfide) groups is 1. The fourth-order valence-electron chi connectivity index (χ4n) is 4.71. The van der Waals surface area contributed by atoms with Gasteiger partial charge in [-0.05, 0) is 101 Å². The summed E-state index contributed by atoms with van der Waals surface area (Å²) in [6, 6.07) is 6.88. The van der Waals surface area contributed by atoms with Crippen molar-refractivity contribution in [1.82, 2.24) is 14.7 Å². The maximum absolute atomic E-state index is 13.2. The molecule has 0 bridgehead atoms. The zero-order valence-corrected chi connectivity index (χ0v) is 28.6. The summed E-state index contributed by atoms with van der Waals surface area (Å²) in [6.07, 6.45) is 11.4. The average molecular weight is 641 g/mol. The van der Waals surface area contributed by atoms with Crippen molar-refractivity contribution >= 4 is 42.5 Å². The van der Waals surface area contributed by atoms with Gasteiger partial charge in [0.2, 0.25) is 5.91 Å². The standard InChI is InChI=1S/C32H56N4O5S2/c1-34(2)21-14-22-35(3)32(39)40-28-19-17-27(18-20-28)29(41-31(33)38)15-13-16-30(37)36(23-9-5-7-11-25-42)24-10-6-8-12-26-43-4/h17-20,29,42H,5-16,21-26H2,1-4H3,(H2,33,38). The molecule has 0 radical (unpaired) electrons. The fraction of sp³-hybridized carbons (Fsp3) is 0.719.